The van der Waals surface area contributed by atoms with Crippen LogP contribution in [0.3, 0.4) is 0 Å². The van der Waals surface area contributed by atoms with E-state index in [2.05, 4.69) is 5.32 Å². The minimum atomic E-state index is -3.52. The predicted octanol–water partition coefficient (Wildman–Crippen LogP) is 3.25. The summed E-state index contributed by atoms with van der Waals surface area (Å²) < 4.78 is 37.5. The molecule has 0 atom stereocenters. The molecule has 0 aliphatic rings. The van der Waals surface area contributed by atoms with Crippen LogP contribution in [-0.4, -0.2) is 20.1 Å². The molecule has 6 heteroatoms. The summed E-state index contributed by atoms with van der Waals surface area (Å²) in [4.78, 5) is 12.1. The Labute approximate surface area is 135 Å². The molecule has 0 fully saturated rings. The summed E-state index contributed by atoms with van der Waals surface area (Å²) in [5, 5.41) is 2.54. The first kappa shape index (κ1) is 17.1. The molecule has 1 N–H and O–H groups in total. The Kier molecular flexibility index (Phi) is 5.15. The van der Waals surface area contributed by atoms with Gasteiger partial charge in [0.1, 0.15) is 5.82 Å². The van der Waals surface area contributed by atoms with Gasteiger partial charge in [-0.25, -0.2) is 12.8 Å². The molecule has 0 bridgehead atoms. The summed E-state index contributed by atoms with van der Waals surface area (Å²) in [5.41, 5.74) is 2.02. The number of carbonyl (C=O) groups is 1. The number of aryl methyl sites for hydroxylation is 2. The summed E-state index contributed by atoms with van der Waals surface area (Å²) in [5.74, 6) is -1.22. The van der Waals surface area contributed by atoms with Crippen molar-refractivity contribution in [2.45, 2.75) is 25.2 Å². The second kappa shape index (κ2) is 6.91. The van der Waals surface area contributed by atoms with Crippen LogP contribution in [0.5, 0.6) is 0 Å². The highest BCUT2D eigenvalue weighted by molar-refractivity contribution is 7.91. The van der Waals surface area contributed by atoms with Gasteiger partial charge in [0.15, 0.2) is 9.84 Å². The van der Waals surface area contributed by atoms with Crippen LogP contribution in [0.25, 0.3) is 0 Å². The van der Waals surface area contributed by atoms with Crippen LogP contribution in [-0.2, 0) is 14.6 Å². The molecule has 0 radical (unpaired) electrons. The van der Waals surface area contributed by atoms with Crippen molar-refractivity contribution in [2.75, 3.05) is 11.1 Å². The number of benzene rings is 2. The van der Waals surface area contributed by atoms with Gasteiger partial charge in [-0.1, -0.05) is 23.8 Å². The van der Waals surface area contributed by atoms with Crippen molar-refractivity contribution in [3.63, 3.8) is 0 Å². The molecule has 23 heavy (non-hydrogen) atoms. The van der Waals surface area contributed by atoms with Gasteiger partial charge in [-0.15, -0.1) is 0 Å². The zero-order valence-electron chi connectivity index (χ0n) is 13.0. The van der Waals surface area contributed by atoms with Crippen LogP contribution in [0.15, 0.2) is 47.4 Å². The second-order valence-electron chi connectivity index (χ2n) is 5.39. The van der Waals surface area contributed by atoms with E-state index in [0.717, 1.165) is 5.56 Å². The van der Waals surface area contributed by atoms with Gasteiger partial charge in [0.2, 0.25) is 5.91 Å². The summed E-state index contributed by atoms with van der Waals surface area (Å²) in [6.07, 6.45) is -0.188. The molecule has 0 aromatic heterocycles. The number of nitrogens with one attached hydrogen (secondary N) is 1. The second-order valence-corrected chi connectivity index (χ2v) is 7.50. The highest BCUT2D eigenvalue weighted by Gasteiger charge is 2.16. The van der Waals surface area contributed by atoms with Gasteiger partial charge in [-0.3, -0.25) is 4.79 Å². The van der Waals surface area contributed by atoms with Crippen molar-refractivity contribution >= 4 is 21.4 Å². The van der Waals surface area contributed by atoms with Crippen molar-refractivity contribution in [3.8, 4) is 0 Å². The first-order valence-corrected chi connectivity index (χ1v) is 8.78. The van der Waals surface area contributed by atoms with Crippen molar-refractivity contribution in [3.05, 3.63) is 59.4 Å². The number of anilines is 1. The lowest BCUT2D eigenvalue weighted by Crippen LogP contribution is -2.18. The maximum atomic E-state index is 13.2. The highest BCUT2D eigenvalue weighted by atomic mass is 32.2. The van der Waals surface area contributed by atoms with E-state index < -0.39 is 21.6 Å². The van der Waals surface area contributed by atoms with Crippen LogP contribution in [0.1, 0.15) is 17.5 Å². The number of carbonyl (C=O) groups excluding carboxylic acids is 1. The Morgan fingerprint density at radius 3 is 2.39 bits per heavy atom. The standard InChI is InChI=1S/C17H18FNO3S/c1-12-3-7-15(8-4-12)23(21,22)10-9-17(20)19-16-11-14(18)6-5-13(16)2/h3-8,11H,9-10H2,1-2H3,(H,19,20). The van der Waals surface area contributed by atoms with E-state index in [1.54, 1.807) is 25.1 Å². The Morgan fingerprint density at radius 2 is 1.74 bits per heavy atom. The fourth-order valence-corrected chi connectivity index (χ4v) is 3.27. The van der Waals surface area contributed by atoms with Gasteiger partial charge in [0, 0.05) is 12.1 Å². The van der Waals surface area contributed by atoms with Gasteiger partial charge in [-0.05, 0) is 43.7 Å². The first-order valence-electron chi connectivity index (χ1n) is 7.13. The summed E-state index contributed by atoms with van der Waals surface area (Å²) in [6, 6.07) is 10.5. The van der Waals surface area contributed by atoms with E-state index in [-0.39, 0.29) is 17.1 Å². The topological polar surface area (TPSA) is 63.2 Å². The molecule has 0 unspecified atom stereocenters. The minimum absolute atomic E-state index is 0.188. The fraction of sp³-hybridized carbons (Fsp3) is 0.235. The van der Waals surface area contributed by atoms with Gasteiger partial charge in [0.25, 0.3) is 0 Å². The molecular formula is C17H18FNO3S. The number of hydrogen-bond acceptors (Lipinski definition) is 3. The number of sulfone groups is 1. The Bertz CT molecular complexity index is 814. The smallest absolute Gasteiger partial charge is 0.225 e. The predicted molar refractivity (Wildman–Crippen MR) is 87.6 cm³/mol. The average molecular weight is 335 g/mol. The van der Waals surface area contributed by atoms with E-state index in [0.29, 0.717) is 11.3 Å². The molecule has 2 aromatic rings. The molecule has 4 nitrogen and oxygen atoms in total. The van der Waals surface area contributed by atoms with E-state index in [4.69, 9.17) is 0 Å². The molecule has 2 aromatic carbocycles. The summed E-state index contributed by atoms with van der Waals surface area (Å²) in [7, 11) is -3.52. The number of hydrogen-bond donors (Lipinski definition) is 1. The molecule has 1 amide bonds. The van der Waals surface area contributed by atoms with E-state index >= 15 is 0 Å². The SMILES string of the molecule is Cc1ccc(S(=O)(=O)CCC(=O)Nc2cc(F)ccc2C)cc1. The fourth-order valence-electron chi connectivity index (χ4n) is 2.03. The number of amides is 1. The lowest BCUT2D eigenvalue weighted by atomic mass is 10.2. The Hall–Kier alpha value is -2.21. The first-order chi connectivity index (χ1) is 10.8. The highest BCUT2D eigenvalue weighted by Crippen LogP contribution is 2.17. The van der Waals surface area contributed by atoms with E-state index in [9.17, 15) is 17.6 Å². The average Bonchev–Trinajstić information content (AvgIpc) is 2.49. The molecule has 0 aliphatic carbocycles. The third kappa shape index (κ3) is 4.63. The molecule has 2 rings (SSSR count). The number of rotatable bonds is 5. The molecule has 0 spiro atoms. The third-order valence-electron chi connectivity index (χ3n) is 3.45. The van der Waals surface area contributed by atoms with Crippen LogP contribution < -0.4 is 5.32 Å². The lowest BCUT2D eigenvalue weighted by Gasteiger charge is -2.09. The maximum Gasteiger partial charge on any atom is 0.225 e. The van der Waals surface area contributed by atoms with Crippen molar-refractivity contribution in [2.24, 2.45) is 0 Å². The lowest BCUT2D eigenvalue weighted by molar-refractivity contribution is -0.115. The van der Waals surface area contributed by atoms with Crippen molar-refractivity contribution < 1.29 is 17.6 Å². The van der Waals surface area contributed by atoms with Crippen LogP contribution in [0, 0.1) is 19.7 Å². The zero-order valence-corrected chi connectivity index (χ0v) is 13.8. The zero-order chi connectivity index (χ0) is 17.0. The van der Waals surface area contributed by atoms with Gasteiger partial charge in [-0.2, -0.15) is 0 Å². The van der Waals surface area contributed by atoms with Crippen molar-refractivity contribution in [1.82, 2.24) is 0 Å². The molecule has 0 saturated heterocycles. The van der Waals surface area contributed by atoms with Crippen LogP contribution >= 0.6 is 0 Å². The largest absolute Gasteiger partial charge is 0.326 e. The Balaban J connectivity index is 2.01. The molecular weight excluding hydrogens is 317 g/mol. The summed E-state index contributed by atoms with van der Waals surface area (Å²) in [6.45, 7) is 3.60. The monoisotopic (exact) mass is 335 g/mol. The molecule has 0 saturated carbocycles. The molecule has 122 valence electrons. The molecule has 0 heterocycles. The van der Waals surface area contributed by atoms with Gasteiger partial charge in [0.05, 0.1) is 10.6 Å². The minimum Gasteiger partial charge on any atom is -0.326 e. The van der Waals surface area contributed by atoms with Crippen molar-refractivity contribution in [1.29, 1.82) is 0 Å². The third-order valence-corrected chi connectivity index (χ3v) is 5.18. The summed E-state index contributed by atoms with van der Waals surface area (Å²) >= 11 is 0. The van der Waals surface area contributed by atoms with E-state index in [1.807, 2.05) is 6.92 Å². The Morgan fingerprint density at radius 1 is 1.09 bits per heavy atom. The van der Waals surface area contributed by atoms with Crippen LogP contribution in [0.2, 0.25) is 0 Å². The van der Waals surface area contributed by atoms with Gasteiger partial charge < -0.3 is 5.32 Å². The maximum absolute atomic E-state index is 13.2. The quantitative estimate of drug-likeness (QED) is 0.912. The number of halogens is 1. The van der Waals surface area contributed by atoms with Gasteiger partial charge >= 0.3 is 0 Å². The molecule has 0 aliphatic heterocycles. The van der Waals surface area contributed by atoms with Crippen LogP contribution in [0.4, 0.5) is 10.1 Å². The van der Waals surface area contributed by atoms with E-state index in [1.165, 1.54) is 24.3 Å². The normalized spacial score (nSPS) is 11.3.